The Labute approximate surface area is 201 Å². The van der Waals surface area contributed by atoms with Crippen LogP contribution in [0.5, 0.6) is 0 Å². The molecule has 0 aromatic heterocycles. The standard InChI is InChI=1S/C25H22F8N2O/c1-15-4-2-3-5-16(15)13-23(17-6-8-20(26)9-7-17,34-14-22(35-36)25(31,32)33)18-10-19(24(28,29)30)12-21(27)11-18/h2-12,15-16,22,34H,13-14H2,1H3/t15?,16?,22-,23-/m1/s1. The van der Waals surface area contributed by atoms with Crippen LogP contribution in [0.1, 0.15) is 30.0 Å². The zero-order valence-electron chi connectivity index (χ0n) is 18.9. The predicted octanol–water partition coefficient (Wildman–Crippen LogP) is 7.28. The molecular weight excluding hydrogens is 496 g/mol. The first kappa shape index (κ1) is 27.5. The van der Waals surface area contributed by atoms with Crippen LogP contribution in [0.3, 0.4) is 0 Å². The van der Waals surface area contributed by atoms with Crippen LogP contribution in [-0.4, -0.2) is 18.8 Å². The molecule has 1 aliphatic carbocycles. The van der Waals surface area contributed by atoms with Gasteiger partial charge in [-0.1, -0.05) is 48.5 Å². The van der Waals surface area contributed by atoms with Crippen molar-refractivity contribution in [3.8, 4) is 0 Å². The molecule has 1 N–H and O–H groups in total. The Morgan fingerprint density at radius 2 is 1.47 bits per heavy atom. The molecule has 2 aromatic carbocycles. The summed E-state index contributed by atoms with van der Waals surface area (Å²) in [7, 11) is 0. The lowest BCUT2D eigenvalue weighted by atomic mass is 9.72. The first-order valence-electron chi connectivity index (χ1n) is 10.9. The van der Waals surface area contributed by atoms with E-state index in [0.717, 1.165) is 18.2 Å². The number of nitrogens with zero attached hydrogens (tertiary/aromatic N) is 1. The van der Waals surface area contributed by atoms with Crippen molar-refractivity contribution in [2.75, 3.05) is 6.54 Å². The van der Waals surface area contributed by atoms with Gasteiger partial charge in [-0.2, -0.15) is 31.2 Å². The average molecular weight is 518 g/mol. The van der Waals surface area contributed by atoms with Crippen LogP contribution in [0, 0.1) is 28.4 Å². The van der Waals surface area contributed by atoms with Crippen LogP contribution in [0.15, 0.2) is 71.9 Å². The third-order valence-electron chi connectivity index (χ3n) is 6.26. The van der Waals surface area contributed by atoms with E-state index < -0.39 is 53.6 Å². The fourth-order valence-corrected chi connectivity index (χ4v) is 4.27. The number of hydrogen-bond donors (Lipinski definition) is 1. The number of allylic oxidation sites excluding steroid dienone is 4. The molecule has 3 rings (SSSR count). The average Bonchev–Trinajstić information content (AvgIpc) is 2.78. The van der Waals surface area contributed by atoms with Crippen molar-refractivity contribution in [1.82, 2.24) is 5.32 Å². The first-order chi connectivity index (χ1) is 16.8. The molecule has 0 spiro atoms. The summed E-state index contributed by atoms with van der Waals surface area (Å²) >= 11 is 0. The van der Waals surface area contributed by atoms with Gasteiger partial charge in [-0.15, -0.1) is 0 Å². The smallest absolute Gasteiger partial charge is 0.301 e. The summed E-state index contributed by atoms with van der Waals surface area (Å²) in [6.45, 7) is 0.696. The zero-order valence-corrected chi connectivity index (χ0v) is 18.9. The molecular formula is C25H22F8N2O. The lowest BCUT2D eigenvalue weighted by Crippen LogP contribution is -2.50. The molecule has 0 fully saturated rings. The summed E-state index contributed by atoms with van der Waals surface area (Å²) in [5, 5.41) is 4.71. The van der Waals surface area contributed by atoms with Gasteiger partial charge in [0.1, 0.15) is 11.6 Å². The second-order valence-electron chi connectivity index (χ2n) is 8.68. The minimum atomic E-state index is -5.04. The van der Waals surface area contributed by atoms with Crippen LogP contribution >= 0.6 is 0 Å². The SMILES string of the molecule is CC1C=CC=CC1C[C@@](NC[C@@H](N=O)C(F)(F)F)(c1ccc(F)cc1)c1cc(F)cc(C(F)(F)F)c1. The monoisotopic (exact) mass is 518 g/mol. The van der Waals surface area contributed by atoms with Gasteiger partial charge < -0.3 is 5.32 Å². The van der Waals surface area contributed by atoms with Crippen molar-refractivity contribution in [1.29, 1.82) is 0 Å². The topological polar surface area (TPSA) is 41.5 Å². The minimum Gasteiger partial charge on any atom is -0.301 e. The molecule has 0 saturated carbocycles. The molecule has 0 saturated heterocycles. The third-order valence-corrected chi connectivity index (χ3v) is 6.26. The van der Waals surface area contributed by atoms with E-state index in [1.54, 1.807) is 31.2 Å². The number of halogens is 8. The Balaban J connectivity index is 2.26. The van der Waals surface area contributed by atoms with E-state index in [-0.39, 0.29) is 29.5 Å². The lowest BCUT2D eigenvalue weighted by molar-refractivity contribution is -0.146. The van der Waals surface area contributed by atoms with Gasteiger partial charge in [0, 0.05) is 6.54 Å². The Morgan fingerprint density at radius 3 is 2.03 bits per heavy atom. The second-order valence-corrected chi connectivity index (χ2v) is 8.68. The molecule has 11 heteroatoms. The maximum Gasteiger partial charge on any atom is 0.416 e. The highest BCUT2D eigenvalue weighted by atomic mass is 19.4. The van der Waals surface area contributed by atoms with E-state index in [0.29, 0.717) is 6.07 Å². The predicted molar refractivity (Wildman–Crippen MR) is 118 cm³/mol. The van der Waals surface area contributed by atoms with Crippen molar-refractivity contribution in [3.05, 3.63) is 100 Å². The number of hydrogen-bond acceptors (Lipinski definition) is 3. The van der Waals surface area contributed by atoms with Gasteiger partial charge >= 0.3 is 12.4 Å². The molecule has 194 valence electrons. The highest BCUT2D eigenvalue weighted by Crippen LogP contribution is 2.42. The number of benzene rings is 2. The molecule has 0 heterocycles. The molecule has 0 radical (unpaired) electrons. The Bertz CT molecular complexity index is 1120. The van der Waals surface area contributed by atoms with E-state index >= 15 is 0 Å². The fourth-order valence-electron chi connectivity index (χ4n) is 4.27. The van der Waals surface area contributed by atoms with Crippen LogP contribution in [-0.2, 0) is 11.7 Å². The summed E-state index contributed by atoms with van der Waals surface area (Å²) in [5.41, 5.74) is -3.47. The summed E-state index contributed by atoms with van der Waals surface area (Å²) in [4.78, 5) is 11.0. The molecule has 2 aromatic rings. The maximum atomic E-state index is 14.5. The van der Waals surface area contributed by atoms with Crippen LogP contribution in [0.2, 0.25) is 0 Å². The second kappa shape index (κ2) is 10.5. The molecule has 0 bridgehead atoms. The molecule has 1 aliphatic rings. The summed E-state index contributed by atoms with van der Waals surface area (Å²) in [6.07, 6.45) is -3.17. The number of nitroso groups, excluding NO2 is 1. The van der Waals surface area contributed by atoms with Crippen molar-refractivity contribution < 1.29 is 35.1 Å². The van der Waals surface area contributed by atoms with E-state index in [9.17, 15) is 40.0 Å². The van der Waals surface area contributed by atoms with Gasteiger partial charge in [0.15, 0.2) is 6.04 Å². The van der Waals surface area contributed by atoms with Gasteiger partial charge in [0.05, 0.1) is 11.1 Å². The van der Waals surface area contributed by atoms with Gasteiger partial charge in [-0.05, 0) is 59.7 Å². The summed E-state index contributed by atoms with van der Waals surface area (Å²) in [6, 6.07) is 3.36. The molecule has 3 nitrogen and oxygen atoms in total. The van der Waals surface area contributed by atoms with Gasteiger partial charge in [0.2, 0.25) is 0 Å². The lowest BCUT2D eigenvalue weighted by Gasteiger charge is -2.41. The molecule has 2 unspecified atom stereocenters. The Hall–Kier alpha value is -3.08. The molecule has 36 heavy (non-hydrogen) atoms. The first-order valence-corrected chi connectivity index (χ1v) is 10.9. The van der Waals surface area contributed by atoms with E-state index in [1.165, 1.54) is 12.1 Å². The van der Waals surface area contributed by atoms with Crippen molar-refractivity contribution in [3.63, 3.8) is 0 Å². The van der Waals surface area contributed by atoms with E-state index in [2.05, 4.69) is 10.5 Å². The largest absolute Gasteiger partial charge is 0.416 e. The maximum absolute atomic E-state index is 14.5. The quantitative estimate of drug-likeness (QED) is 0.295. The number of rotatable bonds is 8. The van der Waals surface area contributed by atoms with Crippen LogP contribution in [0.4, 0.5) is 35.1 Å². The van der Waals surface area contributed by atoms with E-state index in [4.69, 9.17) is 0 Å². The number of nitrogens with one attached hydrogen (secondary N) is 1. The van der Waals surface area contributed by atoms with Crippen LogP contribution in [0.25, 0.3) is 0 Å². The van der Waals surface area contributed by atoms with E-state index in [1.807, 2.05) is 0 Å². The molecule has 0 aliphatic heterocycles. The summed E-state index contributed by atoms with van der Waals surface area (Å²) in [5.74, 6) is -2.56. The minimum absolute atomic E-state index is 0.0876. The summed E-state index contributed by atoms with van der Waals surface area (Å²) < 4.78 is 109. The normalized spacial score (nSPS) is 20.7. The third kappa shape index (κ3) is 6.18. The highest BCUT2D eigenvalue weighted by Gasteiger charge is 2.45. The molecule has 0 amide bonds. The number of alkyl halides is 6. The Morgan fingerprint density at radius 1 is 0.861 bits per heavy atom. The van der Waals surface area contributed by atoms with Gasteiger partial charge in [-0.25, -0.2) is 8.78 Å². The van der Waals surface area contributed by atoms with Crippen LogP contribution < -0.4 is 5.32 Å². The van der Waals surface area contributed by atoms with Gasteiger partial charge in [0.25, 0.3) is 0 Å². The van der Waals surface area contributed by atoms with Crippen molar-refractivity contribution in [2.45, 2.75) is 37.3 Å². The molecule has 4 atom stereocenters. The Kier molecular flexibility index (Phi) is 8.02. The van der Waals surface area contributed by atoms with Gasteiger partial charge in [-0.3, -0.25) is 0 Å². The zero-order chi connectivity index (χ0) is 26.7. The fraction of sp³-hybridized carbons (Fsp3) is 0.360. The van der Waals surface area contributed by atoms with Crippen molar-refractivity contribution in [2.24, 2.45) is 17.0 Å². The highest BCUT2D eigenvalue weighted by molar-refractivity contribution is 5.42. The van der Waals surface area contributed by atoms with Crippen molar-refractivity contribution >= 4 is 0 Å².